The highest BCUT2D eigenvalue weighted by atomic mass is 35.5. The van der Waals surface area contributed by atoms with Crippen molar-refractivity contribution < 1.29 is 14.6 Å². The van der Waals surface area contributed by atoms with Gasteiger partial charge in [-0.2, -0.15) is 0 Å². The Morgan fingerprint density at radius 1 is 1.40 bits per heavy atom. The number of carbonyl (C=O) groups excluding carboxylic acids is 1. The van der Waals surface area contributed by atoms with Gasteiger partial charge in [-0.05, 0) is 19.9 Å². The van der Waals surface area contributed by atoms with Crippen molar-refractivity contribution in [3.05, 3.63) is 23.8 Å². The normalized spacial score (nSPS) is 11.4. The van der Waals surface area contributed by atoms with Crippen LogP contribution in [0.5, 0.6) is 5.75 Å². The van der Waals surface area contributed by atoms with Crippen LogP contribution in [0.2, 0.25) is 0 Å². The maximum atomic E-state index is 11.2. The minimum absolute atomic E-state index is 0. The predicted molar refractivity (Wildman–Crippen MR) is 82.5 cm³/mol. The molecule has 3 N–H and O–H groups in total. The number of rotatable bonds is 6. The maximum absolute atomic E-state index is 11.2. The molecule has 0 saturated heterocycles. The van der Waals surface area contributed by atoms with Crippen molar-refractivity contribution in [2.45, 2.75) is 26.3 Å². The summed E-state index contributed by atoms with van der Waals surface area (Å²) in [6.45, 7) is 5.84. The number of halogens is 1. The number of hydrogen-bond acceptors (Lipinski definition) is 5. The zero-order valence-electron chi connectivity index (χ0n) is 12.1. The van der Waals surface area contributed by atoms with Crippen molar-refractivity contribution in [3.63, 3.8) is 0 Å². The second-order valence-corrected chi connectivity index (χ2v) is 4.30. The van der Waals surface area contributed by atoms with Crippen LogP contribution in [0.25, 0.3) is 0 Å². The van der Waals surface area contributed by atoms with Crippen LogP contribution in [0.1, 0.15) is 31.9 Å². The molecule has 20 heavy (non-hydrogen) atoms. The minimum atomic E-state index is -0.557. The molecule has 5 nitrogen and oxygen atoms in total. The molecule has 114 valence electrons. The van der Waals surface area contributed by atoms with Crippen LogP contribution in [0.4, 0.5) is 5.69 Å². The van der Waals surface area contributed by atoms with Crippen molar-refractivity contribution in [1.82, 2.24) is 0 Å². The Labute approximate surface area is 126 Å². The van der Waals surface area contributed by atoms with Crippen molar-refractivity contribution in [2.75, 3.05) is 25.1 Å². The Bertz CT molecular complexity index is 436. The highest BCUT2D eigenvalue weighted by Crippen LogP contribution is 2.29. The fourth-order valence-corrected chi connectivity index (χ4v) is 2.00. The Hall–Kier alpha value is -1.46. The molecule has 0 amide bonds. The van der Waals surface area contributed by atoms with Gasteiger partial charge in [0.1, 0.15) is 5.75 Å². The summed E-state index contributed by atoms with van der Waals surface area (Å²) < 4.78 is 4.57. The first kappa shape index (κ1) is 18.5. The first-order valence-corrected chi connectivity index (χ1v) is 6.43. The van der Waals surface area contributed by atoms with E-state index in [1.54, 1.807) is 12.1 Å². The molecule has 0 aromatic heterocycles. The second kappa shape index (κ2) is 8.66. The highest BCUT2D eigenvalue weighted by molar-refractivity contribution is 5.85. The number of phenols is 1. The number of anilines is 1. The Kier molecular flexibility index (Phi) is 8.03. The second-order valence-electron chi connectivity index (χ2n) is 4.30. The zero-order chi connectivity index (χ0) is 14.4. The van der Waals surface area contributed by atoms with Crippen LogP contribution in [0.3, 0.4) is 0 Å². The zero-order valence-corrected chi connectivity index (χ0v) is 12.9. The van der Waals surface area contributed by atoms with Crippen molar-refractivity contribution >= 4 is 24.1 Å². The molecule has 0 unspecified atom stereocenters. The lowest BCUT2D eigenvalue weighted by Gasteiger charge is -2.22. The molecule has 0 aliphatic carbocycles. The number of ether oxygens (including phenoxy) is 1. The third-order valence-electron chi connectivity index (χ3n) is 3.16. The third-order valence-corrected chi connectivity index (χ3v) is 3.16. The molecule has 0 spiro atoms. The summed E-state index contributed by atoms with van der Waals surface area (Å²) in [5.41, 5.74) is 7.39. The van der Waals surface area contributed by atoms with Gasteiger partial charge in [0.15, 0.2) is 0 Å². The number of nitrogens with two attached hydrogens (primary N) is 1. The average Bonchev–Trinajstić information content (AvgIpc) is 2.40. The lowest BCUT2D eigenvalue weighted by atomic mass is 10.0. The average molecular weight is 303 g/mol. The summed E-state index contributed by atoms with van der Waals surface area (Å²) in [4.78, 5) is 13.3. The lowest BCUT2D eigenvalue weighted by molar-refractivity contribution is -0.141. The number of benzene rings is 1. The summed E-state index contributed by atoms with van der Waals surface area (Å²) >= 11 is 0. The van der Waals surface area contributed by atoms with E-state index in [0.29, 0.717) is 5.56 Å². The van der Waals surface area contributed by atoms with Crippen molar-refractivity contribution in [3.8, 4) is 5.75 Å². The quantitative estimate of drug-likeness (QED) is 0.788. The maximum Gasteiger partial charge on any atom is 0.307 e. The van der Waals surface area contributed by atoms with Crippen LogP contribution in [0, 0.1) is 0 Å². The standard InChI is InChI=1S/C14H22N2O3.ClH/c1-4-16(5-2)10-6-7-11(13(17)8-10)12(15)9-14(18)19-3;/h6-8,12,17H,4-5,9,15H2,1-3H3;1H/t12-;/m1./s1. The van der Waals surface area contributed by atoms with Crippen LogP contribution in [-0.2, 0) is 9.53 Å². The molecule has 0 bridgehead atoms. The molecule has 0 radical (unpaired) electrons. The molecule has 0 heterocycles. The number of carbonyl (C=O) groups is 1. The van der Waals surface area contributed by atoms with E-state index in [4.69, 9.17) is 5.73 Å². The number of hydrogen-bond donors (Lipinski definition) is 2. The monoisotopic (exact) mass is 302 g/mol. The topological polar surface area (TPSA) is 75.8 Å². The van der Waals surface area contributed by atoms with E-state index in [-0.39, 0.29) is 30.5 Å². The Morgan fingerprint density at radius 2 is 2.00 bits per heavy atom. The van der Waals surface area contributed by atoms with E-state index in [1.807, 2.05) is 6.07 Å². The Balaban J connectivity index is 0.00000361. The van der Waals surface area contributed by atoms with Gasteiger partial charge < -0.3 is 20.5 Å². The van der Waals surface area contributed by atoms with Gasteiger partial charge in [0, 0.05) is 36.4 Å². The van der Waals surface area contributed by atoms with Crippen LogP contribution in [0.15, 0.2) is 18.2 Å². The summed E-state index contributed by atoms with van der Waals surface area (Å²) in [5, 5.41) is 10.0. The molecule has 0 saturated carbocycles. The molecular formula is C14H23ClN2O3. The molecule has 0 aliphatic heterocycles. The van der Waals surface area contributed by atoms with E-state index >= 15 is 0 Å². The molecule has 0 aliphatic rings. The third kappa shape index (κ3) is 4.58. The summed E-state index contributed by atoms with van der Waals surface area (Å²) in [7, 11) is 1.32. The Morgan fingerprint density at radius 3 is 2.45 bits per heavy atom. The van der Waals surface area contributed by atoms with E-state index in [0.717, 1.165) is 18.8 Å². The van der Waals surface area contributed by atoms with Gasteiger partial charge in [-0.15, -0.1) is 12.4 Å². The van der Waals surface area contributed by atoms with Gasteiger partial charge in [-0.1, -0.05) is 6.07 Å². The van der Waals surface area contributed by atoms with Crippen LogP contribution in [-0.4, -0.2) is 31.3 Å². The number of aromatic hydroxyl groups is 1. The predicted octanol–water partition coefficient (Wildman–Crippen LogP) is 2.22. The van der Waals surface area contributed by atoms with Crippen molar-refractivity contribution in [2.24, 2.45) is 5.73 Å². The van der Waals surface area contributed by atoms with Crippen molar-refractivity contribution in [1.29, 1.82) is 0 Å². The minimum Gasteiger partial charge on any atom is -0.508 e. The smallest absolute Gasteiger partial charge is 0.307 e. The van der Waals surface area contributed by atoms with Crippen LogP contribution >= 0.6 is 12.4 Å². The first-order chi connectivity index (χ1) is 9.03. The summed E-state index contributed by atoms with van der Waals surface area (Å²) in [5.74, 6) is -0.277. The van der Waals surface area contributed by atoms with E-state index in [9.17, 15) is 9.90 Å². The SMILES string of the molecule is CCN(CC)c1ccc([C@H](N)CC(=O)OC)c(O)c1.Cl. The first-order valence-electron chi connectivity index (χ1n) is 6.43. The van der Waals surface area contributed by atoms with E-state index in [2.05, 4.69) is 23.5 Å². The van der Waals surface area contributed by atoms with Gasteiger partial charge in [0.05, 0.1) is 13.5 Å². The van der Waals surface area contributed by atoms with Gasteiger partial charge in [0.2, 0.25) is 0 Å². The van der Waals surface area contributed by atoms with E-state index in [1.165, 1.54) is 7.11 Å². The number of phenolic OH excluding ortho intramolecular Hbond substituents is 1. The fourth-order valence-electron chi connectivity index (χ4n) is 2.00. The molecule has 1 rings (SSSR count). The lowest BCUT2D eigenvalue weighted by Crippen LogP contribution is -2.22. The summed E-state index contributed by atoms with van der Waals surface area (Å²) in [6, 6.07) is 4.79. The molecule has 0 fully saturated rings. The van der Waals surface area contributed by atoms with Gasteiger partial charge in [0.25, 0.3) is 0 Å². The largest absolute Gasteiger partial charge is 0.508 e. The number of esters is 1. The van der Waals surface area contributed by atoms with Gasteiger partial charge in [-0.25, -0.2) is 0 Å². The fraction of sp³-hybridized carbons (Fsp3) is 0.500. The number of nitrogens with zero attached hydrogens (tertiary/aromatic N) is 1. The molecule has 1 aromatic carbocycles. The van der Waals surface area contributed by atoms with Gasteiger partial charge >= 0.3 is 5.97 Å². The molecule has 1 aromatic rings. The molecule has 6 heteroatoms. The van der Waals surface area contributed by atoms with E-state index < -0.39 is 6.04 Å². The summed E-state index contributed by atoms with van der Waals surface area (Å²) in [6.07, 6.45) is 0.0503. The molecule has 1 atom stereocenters. The van der Waals surface area contributed by atoms with Crippen LogP contribution < -0.4 is 10.6 Å². The van der Waals surface area contributed by atoms with Gasteiger partial charge in [-0.3, -0.25) is 4.79 Å². The highest BCUT2D eigenvalue weighted by Gasteiger charge is 2.16. The molecular weight excluding hydrogens is 280 g/mol. The number of methoxy groups -OCH3 is 1.